The molecule has 58 heavy (non-hydrogen) atoms. The van der Waals surface area contributed by atoms with Crippen LogP contribution in [0.2, 0.25) is 0 Å². The second-order valence-electron chi connectivity index (χ2n) is 14.5. The van der Waals surface area contributed by atoms with E-state index in [-0.39, 0.29) is 38.8 Å². The van der Waals surface area contributed by atoms with Crippen LogP contribution in [0.25, 0.3) is 0 Å². The highest BCUT2D eigenvalue weighted by atomic mass is 31.2. The number of allylic oxidation sites excluding steroid dienone is 16. The van der Waals surface area contributed by atoms with Gasteiger partial charge in [-0.1, -0.05) is 169 Å². The molecular formula is C49H84NO7P. The lowest BCUT2D eigenvalue weighted by molar-refractivity contribution is -0.154. The van der Waals surface area contributed by atoms with Crippen molar-refractivity contribution in [1.82, 2.24) is 0 Å². The number of carbonyl (C=O) groups excluding carboxylic acids is 1. The van der Waals surface area contributed by atoms with Crippen LogP contribution in [0.3, 0.4) is 0 Å². The Balaban J connectivity index is 4.07. The van der Waals surface area contributed by atoms with E-state index in [1.807, 2.05) is 0 Å². The summed E-state index contributed by atoms with van der Waals surface area (Å²) in [7, 11) is -4.29. The molecule has 2 unspecified atom stereocenters. The Morgan fingerprint density at radius 2 is 0.914 bits per heavy atom. The van der Waals surface area contributed by atoms with Crippen LogP contribution in [0.4, 0.5) is 0 Å². The van der Waals surface area contributed by atoms with Crippen LogP contribution in [0, 0.1) is 0 Å². The number of nitrogens with two attached hydrogens (primary N) is 1. The molecule has 0 aliphatic rings. The Hall–Kier alpha value is -2.58. The van der Waals surface area contributed by atoms with Crippen molar-refractivity contribution in [3.05, 3.63) is 97.2 Å². The normalized spacial score (nSPS) is 14.3. The number of hydrogen-bond donors (Lipinski definition) is 2. The average Bonchev–Trinajstić information content (AvgIpc) is 3.21. The van der Waals surface area contributed by atoms with Crippen LogP contribution in [0.15, 0.2) is 97.2 Å². The number of hydrogen-bond acceptors (Lipinski definition) is 7. The Labute approximate surface area is 355 Å². The second-order valence-corrected chi connectivity index (χ2v) is 16.0. The van der Waals surface area contributed by atoms with E-state index in [2.05, 4.69) is 111 Å². The summed E-state index contributed by atoms with van der Waals surface area (Å²) in [4.78, 5) is 22.5. The molecule has 332 valence electrons. The molecule has 0 aliphatic carbocycles. The van der Waals surface area contributed by atoms with E-state index in [9.17, 15) is 14.3 Å². The van der Waals surface area contributed by atoms with Gasteiger partial charge in [0.25, 0.3) is 0 Å². The SMILES string of the molecule is CC/C=C\C/C=C\C/C=C\C/C=C\CCCCCCCCCCCOCC(COP(=O)(O)OCCN)OC(=O)CCCCCC/C=C\C/C=C\C/C=C\C/C=C\CC. The number of esters is 1. The standard InChI is InChI=1S/C49H84NO7P/c1-3-5-7-9-11-13-15-17-19-21-22-23-24-25-27-29-31-33-35-37-39-41-44-54-46-48(47-56-58(52,53)55-45-43-50)57-49(51)42-40-38-36-34-32-30-28-26-20-18-16-14-12-10-8-6-4-2/h5-8,11-14,17-20,22-23,28,30,48H,3-4,9-10,15-16,21,24-27,29,31-47,50H2,1-2H3,(H,52,53)/b7-5-,8-6-,13-11-,14-12-,19-17-,20-18-,23-22-,30-28-. The summed E-state index contributed by atoms with van der Waals surface area (Å²) >= 11 is 0. The van der Waals surface area contributed by atoms with Gasteiger partial charge in [-0.3, -0.25) is 13.8 Å². The van der Waals surface area contributed by atoms with Crippen molar-refractivity contribution < 1.29 is 32.8 Å². The molecule has 0 amide bonds. The summed E-state index contributed by atoms with van der Waals surface area (Å²) in [5.74, 6) is -0.360. The van der Waals surface area contributed by atoms with Gasteiger partial charge in [-0.25, -0.2) is 4.57 Å². The molecular weight excluding hydrogens is 746 g/mol. The molecule has 0 aliphatic heterocycles. The average molecular weight is 830 g/mol. The van der Waals surface area contributed by atoms with Gasteiger partial charge in [0.1, 0.15) is 6.10 Å². The van der Waals surface area contributed by atoms with Crippen LogP contribution < -0.4 is 5.73 Å². The number of phosphoric acid groups is 1. The molecule has 0 radical (unpaired) electrons. The van der Waals surface area contributed by atoms with Gasteiger partial charge in [-0.05, 0) is 89.9 Å². The lowest BCUT2D eigenvalue weighted by Crippen LogP contribution is -2.28. The molecule has 0 bridgehead atoms. The van der Waals surface area contributed by atoms with Gasteiger partial charge in [0, 0.05) is 19.6 Å². The summed E-state index contributed by atoms with van der Waals surface area (Å²) in [5, 5.41) is 0. The van der Waals surface area contributed by atoms with Gasteiger partial charge in [0.15, 0.2) is 0 Å². The number of ether oxygens (including phenoxy) is 2. The molecule has 0 heterocycles. The van der Waals surface area contributed by atoms with Gasteiger partial charge < -0.3 is 20.1 Å². The first-order valence-corrected chi connectivity index (χ1v) is 24.2. The first-order valence-electron chi connectivity index (χ1n) is 22.7. The largest absolute Gasteiger partial charge is 0.472 e. The number of carbonyl (C=O) groups is 1. The molecule has 0 aromatic rings. The quantitative estimate of drug-likeness (QED) is 0.0270. The topological polar surface area (TPSA) is 117 Å². The summed E-state index contributed by atoms with van der Waals surface area (Å²) in [5.41, 5.74) is 5.37. The maximum absolute atomic E-state index is 12.6. The fourth-order valence-corrected chi connectivity index (χ4v) is 6.51. The molecule has 0 aromatic heterocycles. The predicted molar refractivity (Wildman–Crippen MR) is 247 cm³/mol. The minimum absolute atomic E-state index is 0.0894. The van der Waals surface area contributed by atoms with E-state index in [0.717, 1.165) is 96.3 Å². The summed E-state index contributed by atoms with van der Waals surface area (Å²) in [6, 6.07) is 0. The maximum atomic E-state index is 12.6. The molecule has 9 heteroatoms. The molecule has 0 saturated carbocycles. The van der Waals surface area contributed by atoms with Gasteiger partial charge in [0.2, 0.25) is 0 Å². The Bertz CT molecular complexity index is 1200. The zero-order chi connectivity index (χ0) is 42.3. The zero-order valence-electron chi connectivity index (χ0n) is 36.7. The molecule has 0 fully saturated rings. The Morgan fingerprint density at radius 1 is 0.517 bits per heavy atom. The van der Waals surface area contributed by atoms with Gasteiger partial charge in [-0.2, -0.15) is 0 Å². The van der Waals surface area contributed by atoms with Crippen molar-refractivity contribution in [3.8, 4) is 0 Å². The number of phosphoric ester groups is 1. The highest BCUT2D eigenvalue weighted by Crippen LogP contribution is 2.43. The number of rotatable bonds is 42. The Kier molecular flexibility index (Phi) is 43.5. The van der Waals surface area contributed by atoms with Crippen LogP contribution in [0.5, 0.6) is 0 Å². The lowest BCUT2D eigenvalue weighted by Gasteiger charge is -2.20. The third kappa shape index (κ3) is 44.5. The highest BCUT2D eigenvalue weighted by Gasteiger charge is 2.25. The van der Waals surface area contributed by atoms with E-state index >= 15 is 0 Å². The zero-order valence-corrected chi connectivity index (χ0v) is 37.6. The minimum atomic E-state index is -4.29. The third-order valence-corrected chi connectivity index (χ3v) is 9.98. The van der Waals surface area contributed by atoms with Crippen LogP contribution in [-0.2, 0) is 27.9 Å². The molecule has 0 rings (SSSR count). The van der Waals surface area contributed by atoms with Crippen LogP contribution >= 0.6 is 7.82 Å². The lowest BCUT2D eigenvalue weighted by atomic mass is 10.1. The van der Waals surface area contributed by atoms with E-state index in [0.29, 0.717) is 6.61 Å². The number of unbranched alkanes of at least 4 members (excludes halogenated alkanes) is 13. The summed E-state index contributed by atoms with van der Waals surface area (Å²) < 4.78 is 33.5. The second kappa shape index (κ2) is 45.5. The minimum Gasteiger partial charge on any atom is -0.457 e. The first-order chi connectivity index (χ1) is 28.4. The van der Waals surface area contributed by atoms with Crippen molar-refractivity contribution in [2.75, 3.05) is 33.0 Å². The molecule has 3 N–H and O–H groups in total. The molecule has 0 spiro atoms. The predicted octanol–water partition coefficient (Wildman–Crippen LogP) is 13.9. The molecule has 0 aromatic carbocycles. The van der Waals surface area contributed by atoms with E-state index in [1.54, 1.807) is 0 Å². The Morgan fingerprint density at radius 3 is 1.36 bits per heavy atom. The van der Waals surface area contributed by atoms with E-state index in [1.165, 1.54) is 51.4 Å². The van der Waals surface area contributed by atoms with E-state index < -0.39 is 13.9 Å². The first kappa shape index (κ1) is 55.4. The fourth-order valence-electron chi connectivity index (χ4n) is 5.74. The molecule has 8 nitrogen and oxygen atoms in total. The maximum Gasteiger partial charge on any atom is 0.472 e. The summed E-state index contributed by atoms with van der Waals surface area (Å²) in [6.45, 7) is 4.62. The van der Waals surface area contributed by atoms with Crippen molar-refractivity contribution in [2.45, 2.75) is 174 Å². The van der Waals surface area contributed by atoms with Crippen molar-refractivity contribution in [1.29, 1.82) is 0 Å². The van der Waals surface area contributed by atoms with Gasteiger partial charge in [0.05, 0.1) is 19.8 Å². The van der Waals surface area contributed by atoms with E-state index in [4.69, 9.17) is 24.3 Å². The third-order valence-electron chi connectivity index (χ3n) is 9.00. The van der Waals surface area contributed by atoms with Gasteiger partial charge >= 0.3 is 13.8 Å². The van der Waals surface area contributed by atoms with Crippen LogP contribution in [0.1, 0.15) is 168 Å². The molecule has 0 saturated heterocycles. The van der Waals surface area contributed by atoms with Gasteiger partial charge in [-0.15, -0.1) is 0 Å². The smallest absolute Gasteiger partial charge is 0.457 e. The molecule has 2 atom stereocenters. The summed E-state index contributed by atoms with van der Waals surface area (Å²) in [6.07, 6.45) is 60.0. The van der Waals surface area contributed by atoms with Crippen molar-refractivity contribution in [2.24, 2.45) is 5.73 Å². The van der Waals surface area contributed by atoms with Crippen LogP contribution in [-0.4, -0.2) is 49.9 Å². The van der Waals surface area contributed by atoms with Crippen molar-refractivity contribution >= 4 is 13.8 Å². The monoisotopic (exact) mass is 830 g/mol. The highest BCUT2D eigenvalue weighted by molar-refractivity contribution is 7.47. The van der Waals surface area contributed by atoms with Crippen molar-refractivity contribution in [3.63, 3.8) is 0 Å². The fraction of sp³-hybridized carbons (Fsp3) is 0.653.